The molecule has 1 unspecified atom stereocenters. The number of esters is 1. The maximum atomic E-state index is 15.6. The highest BCUT2D eigenvalue weighted by Crippen LogP contribution is 2.78. The fourth-order valence-electron chi connectivity index (χ4n) is 16.6. The number of carbonyl (C=O) groups excluding carboxylic acids is 2. The molecule has 2 aromatic rings. The van der Waals surface area contributed by atoms with Crippen molar-refractivity contribution in [2.45, 2.75) is 151 Å². The van der Waals surface area contributed by atoms with Crippen molar-refractivity contribution in [2.24, 2.45) is 73.9 Å². The van der Waals surface area contributed by atoms with Gasteiger partial charge in [-0.05, 0) is 159 Å². The smallest absolute Gasteiger partial charge is 0.309 e. The van der Waals surface area contributed by atoms with E-state index in [4.69, 9.17) is 9.72 Å². The number of carboxylic acids is 1. The first-order valence-electron chi connectivity index (χ1n) is 23.7. The number of benzene rings is 1. The number of ether oxygens (including phenoxy) is 1. The summed E-state index contributed by atoms with van der Waals surface area (Å²) in [5, 5.41) is 19.0. The van der Waals surface area contributed by atoms with Gasteiger partial charge in [-0.1, -0.05) is 72.8 Å². The first kappa shape index (κ1) is 42.4. The topological polar surface area (TPSA) is 136 Å². The van der Waals surface area contributed by atoms with E-state index in [1.165, 1.54) is 5.57 Å². The Morgan fingerprint density at radius 3 is 2.28 bits per heavy atom. The Kier molecular flexibility index (Phi) is 9.93. The van der Waals surface area contributed by atoms with Crippen LogP contribution in [0.1, 0.15) is 156 Å². The number of carbonyl (C=O) groups is 3. The average Bonchev–Trinajstić information content (AvgIpc) is 3.98. The molecule has 9 rings (SSSR count). The molecule has 6 aliphatic carbocycles. The Morgan fingerprint density at radius 1 is 0.869 bits per heavy atom. The van der Waals surface area contributed by atoms with Gasteiger partial charge in [0.2, 0.25) is 5.91 Å². The number of fused-ring (bicyclic) bond motifs is 7. The van der Waals surface area contributed by atoms with E-state index in [1.807, 2.05) is 44.3 Å². The summed E-state index contributed by atoms with van der Waals surface area (Å²) in [7, 11) is 0. The van der Waals surface area contributed by atoms with E-state index in [0.717, 1.165) is 101 Å². The normalized spacial score (nSPS) is 41.8. The molecule has 2 heterocycles. The van der Waals surface area contributed by atoms with Crippen LogP contribution in [0.3, 0.4) is 0 Å². The van der Waals surface area contributed by atoms with Gasteiger partial charge in [0, 0.05) is 12.0 Å². The molecule has 9 nitrogen and oxygen atoms in total. The Balaban J connectivity index is 0.962. The van der Waals surface area contributed by atoms with Crippen LogP contribution in [-0.4, -0.2) is 50.5 Å². The molecule has 6 saturated carbocycles. The Morgan fingerprint density at radius 2 is 1.61 bits per heavy atom. The lowest BCUT2D eigenvalue weighted by molar-refractivity contribution is -0.251. The molecule has 0 radical (unpaired) electrons. The van der Waals surface area contributed by atoms with Crippen LogP contribution >= 0.6 is 0 Å². The molecule has 1 aromatic carbocycles. The lowest BCUT2D eigenvalue weighted by atomic mass is 9.32. The van der Waals surface area contributed by atoms with Gasteiger partial charge in [0.1, 0.15) is 11.9 Å². The summed E-state index contributed by atoms with van der Waals surface area (Å²) in [4.78, 5) is 51.8. The van der Waals surface area contributed by atoms with Gasteiger partial charge < -0.3 is 19.7 Å². The summed E-state index contributed by atoms with van der Waals surface area (Å²) in [5.74, 6) is 1.30. The highest BCUT2D eigenvalue weighted by molar-refractivity contribution is 5.85. The maximum absolute atomic E-state index is 15.6. The zero-order valence-electron chi connectivity index (χ0n) is 38.1. The van der Waals surface area contributed by atoms with E-state index in [1.54, 1.807) is 0 Å². The van der Waals surface area contributed by atoms with Crippen molar-refractivity contribution in [1.82, 2.24) is 14.9 Å². The second kappa shape index (κ2) is 14.3. The fraction of sp³-hybridized carbons (Fsp3) is 0.712. The lowest BCUT2D eigenvalue weighted by Gasteiger charge is -2.73. The third-order valence-electron chi connectivity index (χ3n) is 20.3. The zero-order chi connectivity index (χ0) is 43.7. The number of hydrogen-bond acceptors (Lipinski definition) is 6. The quantitative estimate of drug-likeness (QED) is 0.209. The lowest BCUT2D eigenvalue weighted by Crippen LogP contribution is -2.67. The van der Waals surface area contributed by atoms with Gasteiger partial charge in [-0.15, -0.1) is 0 Å². The second-order valence-corrected chi connectivity index (χ2v) is 23.2. The molecule has 13 atom stereocenters. The van der Waals surface area contributed by atoms with Crippen LogP contribution in [0.15, 0.2) is 42.6 Å². The number of H-pyrrole nitrogens is 1. The third kappa shape index (κ3) is 5.94. The van der Waals surface area contributed by atoms with E-state index in [0.29, 0.717) is 41.6 Å². The second-order valence-electron chi connectivity index (χ2n) is 23.2. The molecule has 2 N–H and O–H groups in total. The molecular formula is C52H70N4O5. The van der Waals surface area contributed by atoms with Gasteiger partial charge in [-0.3, -0.25) is 14.4 Å². The minimum atomic E-state index is -0.823. The van der Waals surface area contributed by atoms with Crippen LogP contribution in [0.4, 0.5) is 0 Å². The van der Waals surface area contributed by atoms with E-state index >= 15 is 4.79 Å². The maximum Gasteiger partial charge on any atom is 0.309 e. The third-order valence-corrected chi connectivity index (χ3v) is 20.3. The number of nitrogens with zero attached hydrogens (tertiary/aromatic N) is 3. The van der Waals surface area contributed by atoms with Gasteiger partial charge in [0.05, 0.1) is 46.8 Å². The number of carboxylic acid groups (broad SMARTS) is 1. The predicted octanol–water partition coefficient (Wildman–Crippen LogP) is 10.9. The largest absolute Gasteiger partial charge is 0.481 e. The SMILES string of the molecule is C=C(C)[C@@H]1CC[C@]2(C(=O)N3CCCC3c3ncc(-c4ccc(C#N)cc4)[nH]3)CC[C@]3(C)[C@H](CC[C@@H]4[C@@]5(C)CC[C@H](OC(=O)[C@H]6C[C@@H](C(=O)O)C6(C)C)C(C)(C)[C@@H]5CC[C@]43C)[C@@H]12. The van der Waals surface area contributed by atoms with E-state index in [9.17, 15) is 20.0 Å². The molecule has 7 fully saturated rings. The summed E-state index contributed by atoms with van der Waals surface area (Å²) >= 11 is 0. The van der Waals surface area contributed by atoms with Gasteiger partial charge in [-0.25, -0.2) is 4.98 Å². The average molecular weight is 831 g/mol. The molecule has 1 saturated heterocycles. The number of aromatic nitrogens is 2. The molecule has 1 aromatic heterocycles. The summed E-state index contributed by atoms with van der Waals surface area (Å²) < 4.78 is 6.47. The molecule has 7 aliphatic rings. The van der Waals surface area contributed by atoms with Crippen molar-refractivity contribution in [3.8, 4) is 17.3 Å². The van der Waals surface area contributed by atoms with Gasteiger partial charge in [0.25, 0.3) is 0 Å². The summed E-state index contributed by atoms with van der Waals surface area (Å²) in [6, 6.07) is 9.70. The van der Waals surface area contributed by atoms with Crippen LogP contribution in [0, 0.1) is 85.2 Å². The van der Waals surface area contributed by atoms with Crippen LogP contribution in [0.5, 0.6) is 0 Å². The Bertz CT molecular complexity index is 2170. The van der Waals surface area contributed by atoms with E-state index in [-0.39, 0.29) is 51.6 Å². The number of aliphatic carboxylic acids is 1. The van der Waals surface area contributed by atoms with Crippen molar-refractivity contribution in [1.29, 1.82) is 5.26 Å². The number of amides is 1. The standard InChI is InChI=1S/C52H70N4O5/c1-30(2)33-18-23-52(46(60)56-26-10-11-38(56)43-54-29-37(55-43)32-14-12-31(28-53)13-15-32)25-24-50(8)34(42(33)52)16-17-40-49(7)21-20-41(48(5,6)39(49)19-22-51(40,50)9)61-45(59)36-27-35(44(57)58)47(36,3)4/h12-15,29,33-36,38-42H,1,10-11,16-27H2,2-9H3,(H,54,55)(H,57,58)/t33-,34+,35-,36+,38?,39-,40+,41-,42+,49-,50+,51+,52-/m0/s1. The number of hydrogen-bond donors (Lipinski definition) is 2. The minimum absolute atomic E-state index is 0.0741. The summed E-state index contributed by atoms with van der Waals surface area (Å²) in [6.45, 7) is 23.9. The van der Waals surface area contributed by atoms with Crippen molar-refractivity contribution < 1.29 is 24.2 Å². The molecular weight excluding hydrogens is 761 g/mol. The zero-order valence-corrected chi connectivity index (χ0v) is 38.1. The van der Waals surface area contributed by atoms with E-state index < -0.39 is 22.7 Å². The van der Waals surface area contributed by atoms with Crippen LogP contribution in [-0.2, 0) is 19.1 Å². The fourth-order valence-corrected chi connectivity index (χ4v) is 16.6. The highest BCUT2D eigenvalue weighted by Gasteiger charge is 2.72. The number of nitriles is 1. The molecule has 1 aliphatic heterocycles. The van der Waals surface area contributed by atoms with Crippen molar-refractivity contribution in [3.63, 3.8) is 0 Å². The highest BCUT2D eigenvalue weighted by atomic mass is 16.5. The van der Waals surface area contributed by atoms with E-state index in [2.05, 4.69) is 64.1 Å². The monoisotopic (exact) mass is 831 g/mol. The predicted molar refractivity (Wildman–Crippen MR) is 234 cm³/mol. The molecule has 0 spiro atoms. The summed E-state index contributed by atoms with van der Waals surface area (Å²) in [5.41, 5.74) is 2.87. The van der Waals surface area contributed by atoms with Gasteiger partial charge >= 0.3 is 11.9 Å². The van der Waals surface area contributed by atoms with Crippen LogP contribution in [0.2, 0.25) is 0 Å². The first-order chi connectivity index (χ1) is 28.7. The number of aromatic amines is 1. The minimum Gasteiger partial charge on any atom is -0.481 e. The van der Waals surface area contributed by atoms with Crippen molar-refractivity contribution in [3.05, 3.63) is 54.0 Å². The van der Waals surface area contributed by atoms with Crippen molar-refractivity contribution >= 4 is 17.8 Å². The number of nitrogens with one attached hydrogen (secondary N) is 1. The molecule has 328 valence electrons. The molecule has 1 amide bonds. The number of imidazole rings is 1. The van der Waals surface area contributed by atoms with Crippen LogP contribution in [0.25, 0.3) is 11.3 Å². The van der Waals surface area contributed by atoms with Crippen molar-refractivity contribution in [2.75, 3.05) is 6.54 Å². The van der Waals surface area contributed by atoms with Gasteiger partial charge in [-0.2, -0.15) is 5.26 Å². The Labute approximate surface area is 363 Å². The molecule has 61 heavy (non-hydrogen) atoms. The first-order valence-corrected chi connectivity index (χ1v) is 23.7. The van der Waals surface area contributed by atoms with Crippen LogP contribution < -0.4 is 0 Å². The Hall–Kier alpha value is -3.93. The van der Waals surface area contributed by atoms with Gasteiger partial charge in [0.15, 0.2) is 0 Å². The number of likely N-dealkylation sites (tertiary alicyclic amines) is 1. The summed E-state index contributed by atoms with van der Waals surface area (Å²) in [6.07, 6.45) is 14.3. The molecule has 9 heteroatoms. The number of rotatable bonds is 7. The number of allylic oxidation sites excluding steroid dienone is 1. The molecule has 0 bridgehead atoms.